The van der Waals surface area contributed by atoms with Crippen LogP contribution in [0, 0.1) is 0 Å². The van der Waals surface area contributed by atoms with Crippen LogP contribution in [0.3, 0.4) is 0 Å². The van der Waals surface area contributed by atoms with Crippen molar-refractivity contribution >= 4 is 40.7 Å². The van der Waals surface area contributed by atoms with Gasteiger partial charge in [0.2, 0.25) is 0 Å². The van der Waals surface area contributed by atoms with Crippen LogP contribution in [0.15, 0.2) is 58.9 Å². The first-order valence-electron chi connectivity index (χ1n) is 11.6. The fraction of sp³-hybridized carbons (Fsp3) is 0.222. The summed E-state index contributed by atoms with van der Waals surface area (Å²) in [6, 6.07) is 12.3. The van der Waals surface area contributed by atoms with Gasteiger partial charge in [-0.15, -0.1) is 11.3 Å². The number of fused-ring (bicyclic) bond motifs is 1. The van der Waals surface area contributed by atoms with Crippen LogP contribution in [0.25, 0.3) is 17.5 Å². The molecule has 0 saturated carbocycles. The molecule has 0 bridgehead atoms. The predicted octanol–water partition coefficient (Wildman–Crippen LogP) is 1.74. The number of benzene rings is 2. The molecule has 4 rings (SSSR count). The van der Waals surface area contributed by atoms with E-state index in [-0.39, 0.29) is 44.3 Å². The molecule has 1 atom stereocenters. The van der Waals surface area contributed by atoms with Gasteiger partial charge in [-0.1, -0.05) is 24.3 Å². The molecule has 0 spiro atoms. The maximum absolute atomic E-state index is 13.5. The first-order valence-corrected chi connectivity index (χ1v) is 12.4. The molecule has 2 heterocycles. The molecule has 1 aliphatic heterocycles. The van der Waals surface area contributed by atoms with Crippen LogP contribution in [0.2, 0.25) is 0 Å². The van der Waals surface area contributed by atoms with E-state index in [9.17, 15) is 24.6 Å². The first kappa shape index (κ1) is 25.8. The standard InChI is InChI=1S/C27H26N2O7S/c1-4-35-26(33)21-20(16-7-11-18(31)12-8-16)22(27(34)36-14(2)3)25-29(23(21)28)24(32)19(37-25)13-15-5-9-17(30)10-6-15/h5-14,20,30-31H,4,28H2,1-3H3/b19-13-. The Labute approximate surface area is 216 Å². The van der Waals surface area contributed by atoms with Gasteiger partial charge in [0.05, 0.1) is 34.3 Å². The summed E-state index contributed by atoms with van der Waals surface area (Å²) in [5, 5.41) is 19.4. The lowest BCUT2D eigenvalue weighted by molar-refractivity contribution is -0.140. The Kier molecular flexibility index (Phi) is 7.21. The molecule has 1 aromatic heterocycles. The maximum Gasteiger partial charge on any atom is 0.338 e. The largest absolute Gasteiger partial charge is 0.508 e. The molecule has 3 aromatic rings. The van der Waals surface area contributed by atoms with Crippen LogP contribution >= 0.6 is 11.3 Å². The number of aromatic nitrogens is 1. The zero-order valence-electron chi connectivity index (χ0n) is 20.4. The Balaban J connectivity index is 2.10. The van der Waals surface area contributed by atoms with Crippen LogP contribution in [-0.2, 0) is 19.1 Å². The fourth-order valence-corrected chi connectivity index (χ4v) is 5.22. The van der Waals surface area contributed by atoms with Crippen molar-refractivity contribution in [2.75, 3.05) is 6.61 Å². The van der Waals surface area contributed by atoms with Gasteiger partial charge < -0.3 is 25.4 Å². The van der Waals surface area contributed by atoms with Crippen LogP contribution in [0.5, 0.6) is 11.5 Å². The van der Waals surface area contributed by atoms with Crippen LogP contribution < -0.4 is 20.5 Å². The van der Waals surface area contributed by atoms with Crippen molar-refractivity contribution in [1.29, 1.82) is 0 Å². The van der Waals surface area contributed by atoms with Gasteiger partial charge in [0.25, 0.3) is 5.56 Å². The number of nitrogens with zero attached hydrogens (tertiary/aromatic N) is 1. The molecule has 0 amide bonds. The second-order valence-electron chi connectivity index (χ2n) is 8.56. The van der Waals surface area contributed by atoms with E-state index < -0.39 is 29.5 Å². The van der Waals surface area contributed by atoms with E-state index >= 15 is 0 Å². The molecule has 4 N–H and O–H groups in total. The summed E-state index contributed by atoms with van der Waals surface area (Å²) in [5.74, 6) is -2.58. The van der Waals surface area contributed by atoms with Gasteiger partial charge in [0.1, 0.15) is 22.0 Å². The van der Waals surface area contributed by atoms with Gasteiger partial charge in [0, 0.05) is 0 Å². The number of hydrogen-bond donors (Lipinski definition) is 3. The molecule has 0 fully saturated rings. The number of nitrogens with two attached hydrogens (primary N) is 1. The molecule has 1 unspecified atom stereocenters. The highest BCUT2D eigenvalue weighted by molar-refractivity contribution is 7.07. The molecule has 9 nitrogen and oxygen atoms in total. The Hall–Kier alpha value is -4.31. The van der Waals surface area contributed by atoms with E-state index in [2.05, 4.69) is 0 Å². The Morgan fingerprint density at radius 2 is 1.62 bits per heavy atom. The predicted molar refractivity (Wildman–Crippen MR) is 139 cm³/mol. The Morgan fingerprint density at radius 3 is 2.19 bits per heavy atom. The van der Waals surface area contributed by atoms with Crippen molar-refractivity contribution in [1.82, 2.24) is 4.57 Å². The van der Waals surface area contributed by atoms with E-state index in [1.165, 1.54) is 24.3 Å². The zero-order chi connectivity index (χ0) is 26.9. The average molecular weight is 523 g/mol. The van der Waals surface area contributed by atoms with Gasteiger partial charge in [-0.2, -0.15) is 0 Å². The smallest absolute Gasteiger partial charge is 0.338 e. The van der Waals surface area contributed by atoms with Gasteiger partial charge >= 0.3 is 11.9 Å². The van der Waals surface area contributed by atoms with Crippen LogP contribution in [-0.4, -0.2) is 39.4 Å². The van der Waals surface area contributed by atoms with Gasteiger partial charge in [0.15, 0.2) is 0 Å². The number of rotatable bonds is 6. The summed E-state index contributed by atoms with van der Waals surface area (Å²) in [5.41, 5.74) is 7.04. The minimum Gasteiger partial charge on any atom is -0.508 e. The van der Waals surface area contributed by atoms with Crippen molar-refractivity contribution < 1.29 is 29.3 Å². The third-order valence-electron chi connectivity index (χ3n) is 5.62. The number of esters is 2. The summed E-state index contributed by atoms with van der Waals surface area (Å²) in [6.45, 7) is 5.07. The Bertz CT molecular complexity index is 1560. The van der Waals surface area contributed by atoms with Crippen molar-refractivity contribution in [3.63, 3.8) is 0 Å². The third-order valence-corrected chi connectivity index (χ3v) is 6.73. The normalized spacial score (nSPS) is 15.6. The lowest BCUT2D eigenvalue weighted by Crippen LogP contribution is -2.42. The highest BCUT2D eigenvalue weighted by Gasteiger charge is 2.40. The summed E-state index contributed by atoms with van der Waals surface area (Å²) in [4.78, 5) is 40.2. The lowest BCUT2D eigenvalue weighted by Gasteiger charge is -2.27. The summed E-state index contributed by atoms with van der Waals surface area (Å²) in [7, 11) is 0. The third kappa shape index (κ3) is 5.01. The SMILES string of the molecule is CCOC(=O)C1=C(N)n2c(s/c(=C\c3ccc(O)cc3)c2=O)=C(C(=O)OC(C)C)C1c1ccc(O)cc1. The highest BCUT2D eigenvalue weighted by atomic mass is 32.1. The van der Waals surface area contributed by atoms with Crippen molar-refractivity contribution in [2.45, 2.75) is 32.8 Å². The minimum absolute atomic E-state index is 0.000631. The topological polar surface area (TPSA) is 141 Å². The summed E-state index contributed by atoms with van der Waals surface area (Å²) < 4.78 is 12.4. The second kappa shape index (κ2) is 10.4. The molecule has 0 aliphatic carbocycles. The molecule has 10 heteroatoms. The molecule has 2 aromatic carbocycles. The molecule has 1 aliphatic rings. The number of carbonyl (C=O) groups excluding carboxylic acids is 2. The average Bonchev–Trinajstić information content (AvgIpc) is 3.16. The maximum atomic E-state index is 13.5. The van der Waals surface area contributed by atoms with E-state index in [0.717, 1.165) is 15.9 Å². The first-order chi connectivity index (χ1) is 17.6. The Morgan fingerprint density at radius 1 is 1.03 bits per heavy atom. The monoisotopic (exact) mass is 522 g/mol. The van der Waals surface area contributed by atoms with E-state index in [0.29, 0.717) is 11.1 Å². The van der Waals surface area contributed by atoms with E-state index in [1.54, 1.807) is 51.1 Å². The molecule has 192 valence electrons. The molecule has 0 saturated heterocycles. The molecule has 37 heavy (non-hydrogen) atoms. The van der Waals surface area contributed by atoms with Crippen molar-refractivity contribution in [3.8, 4) is 11.5 Å². The molecule has 0 radical (unpaired) electrons. The van der Waals surface area contributed by atoms with Crippen LogP contribution in [0.1, 0.15) is 37.8 Å². The van der Waals surface area contributed by atoms with Gasteiger partial charge in [-0.3, -0.25) is 9.36 Å². The number of thiazole rings is 1. The minimum atomic E-state index is -1.01. The quantitative estimate of drug-likeness (QED) is 0.416. The van der Waals surface area contributed by atoms with Gasteiger partial charge in [-0.05, 0) is 62.2 Å². The number of ether oxygens (including phenoxy) is 2. The fourth-order valence-electron chi connectivity index (χ4n) is 4.05. The van der Waals surface area contributed by atoms with Crippen molar-refractivity contribution in [2.24, 2.45) is 5.73 Å². The number of carbonyl (C=O) groups is 2. The molecular formula is C27H26N2O7S. The molecular weight excluding hydrogens is 496 g/mol. The highest BCUT2D eigenvalue weighted by Crippen LogP contribution is 2.38. The zero-order valence-corrected chi connectivity index (χ0v) is 21.2. The lowest BCUT2D eigenvalue weighted by atomic mass is 9.83. The van der Waals surface area contributed by atoms with Gasteiger partial charge in [-0.25, -0.2) is 9.59 Å². The van der Waals surface area contributed by atoms with E-state index in [4.69, 9.17) is 15.2 Å². The van der Waals surface area contributed by atoms with Crippen molar-refractivity contribution in [3.05, 3.63) is 84.8 Å². The number of aromatic hydroxyl groups is 2. The van der Waals surface area contributed by atoms with Crippen LogP contribution in [0.4, 0.5) is 0 Å². The summed E-state index contributed by atoms with van der Waals surface area (Å²) >= 11 is 1.04. The number of phenols is 2. The summed E-state index contributed by atoms with van der Waals surface area (Å²) in [6.07, 6.45) is 1.13. The number of hydrogen-bond acceptors (Lipinski definition) is 9. The number of phenolic OH excluding ortho intramolecular Hbond substituents is 2. The second-order valence-corrected chi connectivity index (χ2v) is 9.59. The van der Waals surface area contributed by atoms with E-state index in [1.807, 2.05) is 0 Å².